The van der Waals surface area contributed by atoms with Gasteiger partial charge >= 0.3 is 0 Å². The Labute approximate surface area is 115 Å². The summed E-state index contributed by atoms with van der Waals surface area (Å²) in [6, 6.07) is 8.00. The average Bonchev–Trinajstić information content (AvgIpc) is 2.75. The summed E-state index contributed by atoms with van der Waals surface area (Å²) in [5.74, 6) is 0.840. The van der Waals surface area contributed by atoms with E-state index < -0.39 is 0 Å². The Balaban J connectivity index is 1.91. The van der Waals surface area contributed by atoms with Crippen molar-refractivity contribution in [1.82, 2.24) is 9.78 Å². The molecule has 1 heterocycles. The van der Waals surface area contributed by atoms with E-state index in [1.54, 1.807) is 7.11 Å². The van der Waals surface area contributed by atoms with E-state index >= 15 is 0 Å². The van der Waals surface area contributed by atoms with Crippen LogP contribution in [0.15, 0.2) is 34.9 Å². The Kier molecular flexibility index (Phi) is 4.25. The number of anilines is 1. The maximum Gasteiger partial charge on any atom is 0.133 e. The largest absolute Gasteiger partial charge is 0.496 e. The molecule has 1 N–H and O–H groups in total. The molecule has 0 spiro atoms. The van der Waals surface area contributed by atoms with Crippen molar-refractivity contribution < 1.29 is 4.74 Å². The number of aryl methyl sites for hydroxylation is 1. The third-order valence-corrected chi connectivity index (χ3v) is 3.40. The van der Waals surface area contributed by atoms with Crippen molar-refractivity contribution in [2.45, 2.75) is 6.42 Å². The molecular weight excluding hydrogens is 294 g/mol. The lowest BCUT2D eigenvalue weighted by molar-refractivity contribution is 0.412. The average molecular weight is 310 g/mol. The predicted molar refractivity (Wildman–Crippen MR) is 76.1 cm³/mol. The summed E-state index contributed by atoms with van der Waals surface area (Å²) in [5.41, 5.74) is 2.29. The van der Waals surface area contributed by atoms with Crippen LogP contribution >= 0.6 is 15.9 Å². The summed E-state index contributed by atoms with van der Waals surface area (Å²) in [6.45, 7) is 0.873. The molecule has 4 nitrogen and oxygen atoms in total. The van der Waals surface area contributed by atoms with E-state index in [9.17, 15) is 0 Å². The SMILES string of the molecule is COc1ccc(NCCc2ccnn2C)cc1Br. The second-order valence-electron chi connectivity index (χ2n) is 3.97. The van der Waals surface area contributed by atoms with Gasteiger partial charge in [-0.15, -0.1) is 0 Å². The van der Waals surface area contributed by atoms with Crippen molar-refractivity contribution in [3.63, 3.8) is 0 Å². The molecule has 1 aromatic carbocycles. The Morgan fingerprint density at radius 1 is 1.39 bits per heavy atom. The Morgan fingerprint density at radius 3 is 2.83 bits per heavy atom. The van der Waals surface area contributed by atoms with Crippen LogP contribution in [0, 0.1) is 0 Å². The van der Waals surface area contributed by atoms with Crippen LogP contribution in [0.25, 0.3) is 0 Å². The third-order valence-electron chi connectivity index (χ3n) is 2.78. The van der Waals surface area contributed by atoms with E-state index in [1.165, 1.54) is 5.69 Å². The van der Waals surface area contributed by atoms with Crippen LogP contribution in [-0.4, -0.2) is 23.4 Å². The highest BCUT2D eigenvalue weighted by atomic mass is 79.9. The fraction of sp³-hybridized carbons (Fsp3) is 0.308. The first-order valence-corrected chi connectivity index (χ1v) is 6.54. The van der Waals surface area contributed by atoms with E-state index in [2.05, 4.69) is 26.3 Å². The van der Waals surface area contributed by atoms with Crippen molar-refractivity contribution in [2.24, 2.45) is 7.05 Å². The molecule has 0 aliphatic heterocycles. The summed E-state index contributed by atoms with van der Waals surface area (Å²) >= 11 is 3.47. The molecule has 0 unspecified atom stereocenters. The molecular formula is C13H16BrN3O. The predicted octanol–water partition coefficient (Wildman–Crippen LogP) is 2.85. The maximum atomic E-state index is 5.19. The minimum atomic E-state index is 0.840. The molecule has 0 radical (unpaired) electrons. The summed E-state index contributed by atoms with van der Waals surface area (Å²) < 4.78 is 8.04. The molecule has 0 saturated carbocycles. The fourth-order valence-electron chi connectivity index (χ4n) is 1.76. The van der Waals surface area contributed by atoms with Crippen LogP contribution in [0.3, 0.4) is 0 Å². The first kappa shape index (κ1) is 13.0. The highest BCUT2D eigenvalue weighted by Gasteiger charge is 2.02. The Morgan fingerprint density at radius 2 is 2.22 bits per heavy atom. The zero-order chi connectivity index (χ0) is 13.0. The molecule has 5 heteroatoms. The summed E-state index contributed by atoms with van der Waals surface area (Å²) in [5, 5.41) is 7.52. The van der Waals surface area contributed by atoms with Crippen LogP contribution in [0.5, 0.6) is 5.75 Å². The number of ether oxygens (including phenoxy) is 1. The molecule has 0 bridgehead atoms. The monoisotopic (exact) mass is 309 g/mol. The summed E-state index contributed by atoms with van der Waals surface area (Å²) in [7, 11) is 3.62. The van der Waals surface area contributed by atoms with Gasteiger partial charge in [-0.05, 0) is 40.2 Å². The molecule has 1 aromatic heterocycles. The number of nitrogens with zero attached hydrogens (tertiary/aromatic N) is 2. The van der Waals surface area contributed by atoms with Gasteiger partial charge in [0.05, 0.1) is 11.6 Å². The van der Waals surface area contributed by atoms with E-state index in [-0.39, 0.29) is 0 Å². The van der Waals surface area contributed by atoms with Crippen molar-refractivity contribution in [3.05, 3.63) is 40.6 Å². The molecule has 0 aliphatic rings. The second kappa shape index (κ2) is 5.91. The van der Waals surface area contributed by atoms with Gasteiger partial charge in [-0.25, -0.2) is 0 Å². The highest BCUT2D eigenvalue weighted by Crippen LogP contribution is 2.27. The summed E-state index contributed by atoms with van der Waals surface area (Å²) in [6.07, 6.45) is 2.76. The lowest BCUT2D eigenvalue weighted by Gasteiger charge is -2.09. The molecule has 2 aromatic rings. The van der Waals surface area contributed by atoms with Gasteiger partial charge in [0.1, 0.15) is 5.75 Å². The minimum Gasteiger partial charge on any atom is -0.496 e. The first-order chi connectivity index (χ1) is 8.70. The van der Waals surface area contributed by atoms with E-state index in [1.807, 2.05) is 42.2 Å². The molecule has 96 valence electrons. The van der Waals surface area contributed by atoms with Crippen LogP contribution < -0.4 is 10.1 Å². The molecule has 2 rings (SSSR count). The standard InChI is InChI=1S/C13H16BrN3O/c1-17-11(6-8-16-17)5-7-15-10-3-4-13(18-2)12(14)9-10/h3-4,6,8-9,15H,5,7H2,1-2H3. The Hall–Kier alpha value is -1.49. The van der Waals surface area contributed by atoms with Gasteiger partial charge < -0.3 is 10.1 Å². The van der Waals surface area contributed by atoms with Gasteiger partial charge in [-0.1, -0.05) is 0 Å². The van der Waals surface area contributed by atoms with Crippen LogP contribution in [0.4, 0.5) is 5.69 Å². The van der Waals surface area contributed by atoms with Crippen LogP contribution in [-0.2, 0) is 13.5 Å². The van der Waals surface area contributed by atoms with E-state index in [0.29, 0.717) is 0 Å². The Bertz CT molecular complexity index is 525. The molecule has 0 saturated heterocycles. The highest BCUT2D eigenvalue weighted by molar-refractivity contribution is 9.10. The number of methoxy groups -OCH3 is 1. The smallest absolute Gasteiger partial charge is 0.133 e. The van der Waals surface area contributed by atoms with Gasteiger partial charge in [0.25, 0.3) is 0 Å². The molecule has 0 aliphatic carbocycles. The molecule has 0 amide bonds. The van der Waals surface area contributed by atoms with Crippen LogP contribution in [0.2, 0.25) is 0 Å². The minimum absolute atomic E-state index is 0.840. The lowest BCUT2D eigenvalue weighted by Crippen LogP contribution is -2.08. The molecule has 18 heavy (non-hydrogen) atoms. The van der Waals surface area contributed by atoms with E-state index in [4.69, 9.17) is 4.74 Å². The number of aromatic nitrogens is 2. The van der Waals surface area contributed by atoms with Crippen molar-refractivity contribution in [1.29, 1.82) is 0 Å². The topological polar surface area (TPSA) is 39.1 Å². The van der Waals surface area contributed by atoms with Crippen molar-refractivity contribution in [3.8, 4) is 5.75 Å². The third kappa shape index (κ3) is 3.04. The quantitative estimate of drug-likeness (QED) is 0.923. The second-order valence-corrected chi connectivity index (χ2v) is 4.83. The first-order valence-electron chi connectivity index (χ1n) is 5.75. The number of benzene rings is 1. The zero-order valence-corrected chi connectivity index (χ0v) is 12.1. The lowest BCUT2D eigenvalue weighted by atomic mass is 10.2. The van der Waals surface area contributed by atoms with Crippen molar-refractivity contribution in [2.75, 3.05) is 19.0 Å². The van der Waals surface area contributed by atoms with Gasteiger partial charge in [-0.2, -0.15) is 5.10 Å². The van der Waals surface area contributed by atoms with Crippen LogP contribution in [0.1, 0.15) is 5.69 Å². The van der Waals surface area contributed by atoms with Gasteiger partial charge in [0.2, 0.25) is 0 Å². The zero-order valence-electron chi connectivity index (χ0n) is 10.5. The maximum absolute atomic E-state index is 5.19. The van der Waals surface area contributed by atoms with Gasteiger partial charge in [-0.3, -0.25) is 4.68 Å². The summed E-state index contributed by atoms with van der Waals surface area (Å²) in [4.78, 5) is 0. The van der Waals surface area contributed by atoms with Gasteiger partial charge in [0, 0.05) is 37.6 Å². The number of halogens is 1. The number of rotatable bonds is 5. The fourth-order valence-corrected chi connectivity index (χ4v) is 2.30. The number of nitrogens with one attached hydrogen (secondary N) is 1. The normalized spacial score (nSPS) is 10.4. The number of hydrogen-bond acceptors (Lipinski definition) is 3. The van der Waals surface area contributed by atoms with Crippen molar-refractivity contribution >= 4 is 21.6 Å². The van der Waals surface area contributed by atoms with Gasteiger partial charge in [0.15, 0.2) is 0 Å². The number of hydrogen-bond donors (Lipinski definition) is 1. The molecule has 0 fully saturated rings. The van der Waals surface area contributed by atoms with E-state index in [0.717, 1.165) is 28.9 Å². The molecule has 0 atom stereocenters.